The Kier molecular flexibility index (Phi) is 5.75. The van der Waals surface area contributed by atoms with E-state index in [-0.39, 0.29) is 0 Å². The first-order valence-electron chi connectivity index (χ1n) is 7.35. The average molecular weight is 240 g/mol. The molecule has 1 N–H and O–H groups in total. The van der Waals surface area contributed by atoms with Gasteiger partial charge >= 0.3 is 0 Å². The SMILES string of the molecule is CC(CNCC1CCOCC1)CN1CCCC1. The van der Waals surface area contributed by atoms with E-state index in [1.165, 1.54) is 58.4 Å². The van der Waals surface area contributed by atoms with Gasteiger partial charge in [-0.25, -0.2) is 0 Å². The topological polar surface area (TPSA) is 24.5 Å². The smallest absolute Gasteiger partial charge is 0.0469 e. The van der Waals surface area contributed by atoms with Crippen molar-refractivity contribution >= 4 is 0 Å². The summed E-state index contributed by atoms with van der Waals surface area (Å²) in [6, 6.07) is 0. The lowest BCUT2D eigenvalue weighted by molar-refractivity contribution is 0.0660. The van der Waals surface area contributed by atoms with E-state index in [2.05, 4.69) is 17.1 Å². The third kappa shape index (κ3) is 4.94. The van der Waals surface area contributed by atoms with E-state index in [9.17, 15) is 0 Å². The molecule has 0 aromatic carbocycles. The summed E-state index contributed by atoms with van der Waals surface area (Å²) >= 11 is 0. The van der Waals surface area contributed by atoms with Crippen molar-refractivity contribution in [2.24, 2.45) is 11.8 Å². The Morgan fingerprint density at radius 3 is 2.65 bits per heavy atom. The first-order chi connectivity index (χ1) is 8.34. The average Bonchev–Trinajstić information content (AvgIpc) is 2.83. The number of hydrogen-bond acceptors (Lipinski definition) is 3. The summed E-state index contributed by atoms with van der Waals surface area (Å²) in [5.74, 6) is 1.63. The standard InChI is InChI=1S/C14H28N2O/c1-13(12-16-6-2-3-7-16)10-15-11-14-4-8-17-9-5-14/h13-15H,2-12H2,1H3. The molecule has 3 nitrogen and oxygen atoms in total. The molecule has 100 valence electrons. The van der Waals surface area contributed by atoms with Gasteiger partial charge in [0.2, 0.25) is 0 Å². The highest BCUT2D eigenvalue weighted by molar-refractivity contribution is 4.71. The summed E-state index contributed by atoms with van der Waals surface area (Å²) in [6.07, 6.45) is 5.30. The second-order valence-corrected chi connectivity index (χ2v) is 5.83. The predicted molar refractivity (Wildman–Crippen MR) is 71.3 cm³/mol. The summed E-state index contributed by atoms with van der Waals surface area (Å²) < 4.78 is 5.38. The van der Waals surface area contributed by atoms with E-state index in [4.69, 9.17) is 4.74 Å². The number of likely N-dealkylation sites (tertiary alicyclic amines) is 1. The zero-order chi connectivity index (χ0) is 11.9. The molecule has 0 spiro atoms. The lowest BCUT2D eigenvalue weighted by atomic mass is 10.0. The Hall–Kier alpha value is -0.120. The Morgan fingerprint density at radius 2 is 1.94 bits per heavy atom. The van der Waals surface area contributed by atoms with E-state index in [0.717, 1.165) is 25.0 Å². The van der Waals surface area contributed by atoms with E-state index >= 15 is 0 Å². The fourth-order valence-electron chi connectivity index (χ4n) is 2.95. The summed E-state index contributed by atoms with van der Waals surface area (Å²) in [5, 5.41) is 3.65. The van der Waals surface area contributed by atoms with Gasteiger partial charge in [0.1, 0.15) is 0 Å². The molecule has 17 heavy (non-hydrogen) atoms. The molecule has 2 fully saturated rings. The molecule has 2 heterocycles. The molecule has 2 rings (SSSR count). The van der Waals surface area contributed by atoms with Gasteiger partial charge < -0.3 is 15.0 Å². The van der Waals surface area contributed by atoms with Crippen molar-refractivity contribution in [3.8, 4) is 0 Å². The van der Waals surface area contributed by atoms with Crippen LogP contribution in [0.4, 0.5) is 0 Å². The van der Waals surface area contributed by atoms with Crippen LogP contribution in [0.15, 0.2) is 0 Å². The normalized spacial score (nSPS) is 25.2. The van der Waals surface area contributed by atoms with Gasteiger partial charge in [0.15, 0.2) is 0 Å². The Morgan fingerprint density at radius 1 is 1.24 bits per heavy atom. The van der Waals surface area contributed by atoms with Gasteiger partial charge in [0.25, 0.3) is 0 Å². The van der Waals surface area contributed by atoms with Crippen LogP contribution in [0.25, 0.3) is 0 Å². The number of nitrogens with one attached hydrogen (secondary N) is 1. The zero-order valence-electron chi connectivity index (χ0n) is 11.3. The molecule has 2 saturated heterocycles. The lowest BCUT2D eigenvalue weighted by Crippen LogP contribution is -2.34. The molecular formula is C14H28N2O. The minimum Gasteiger partial charge on any atom is -0.381 e. The van der Waals surface area contributed by atoms with Crippen molar-refractivity contribution in [1.29, 1.82) is 0 Å². The van der Waals surface area contributed by atoms with Crippen LogP contribution in [0.2, 0.25) is 0 Å². The third-order valence-electron chi connectivity index (χ3n) is 4.04. The molecule has 0 bridgehead atoms. The second kappa shape index (κ2) is 7.34. The van der Waals surface area contributed by atoms with Crippen molar-refractivity contribution in [3.63, 3.8) is 0 Å². The van der Waals surface area contributed by atoms with E-state index in [0.29, 0.717) is 0 Å². The van der Waals surface area contributed by atoms with Gasteiger partial charge in [-0.05, 0) is 63.7 Å². The van der Waals surface area contributed by atoms with Gasteiger partial charge in [-0.15, -0.1) is 0 Å². The van der Waals surface area contributed by atoms with Crippen LogP contribution >= 0.6 is 0 Å². The third-order valence-corrected chi connectivity index (χ3v) is 4.04. The number of hydrogen-bond donors (Lipinski definition) is 1. The van der Waals surface area contributed by atoms with Gasteiger partial charge in [-0.2, -0.15) is 0 Å². The highest BCUT2D eigenvalue weighted by Crippen LogP contribution is 2.13. The quantitative estimate of drug-likeness (QED) is 0.765. The van der Waals surface area contributed by atoms with Crippen LogP contribution in [0, 0.1) is 11.8 Å². The molecule has 0 aliphatic carbocycles. The van der Waals surface area contributed by atoms with Crippen molar-refractivity contribution in [2.75, 3.05) is 45.9 Å². The van der Waals surface area contributed by atoms with Crippen molar-refractivity contribution in [3.05, 3.63) is 0 Å². The molecule has 3 heteroatoms. The van der Waals surface area contributed by atoms with E-state index < -0.39 is 0 Å². The van der Waals surface area contributed by atoms with Gasteiger partial charge in [0, 0.05) is 19.8 Å². The van der Waals surface area contributed by atoms with Gasteiger partial charge in [-0.1, -0.05) is 6.92 Å². The highest BCUT2D eigenvalue weighted by Gasteiger charge is 2.16. The number of nitrogens with zero attached hydrogens (tertiary/aromatic N) is 1. The Bertz CT molecular complexity index is 198. The second-order valence-electron chi connectivity index (χ2n) is 5.83. The molecule has 2 aliphatic rings. The number of rotatable bonds is 6. The van der Waals surface area contributed by atoms with Crippen LogP contribution in [0.1, 0.15) is 32.6 Å². The first kappa shape index (κ1) is 13.3. The largest absolute Gasteiger partial charge is 0.381 e. The zero-order valence-corrected chi connectivity index (χ0v) is 11.3. The van der Waals surface area contributed by atoms with Crippen LogP contribution in [0.5, 0.6) is 0 Å². The summed E-state index contributed by atoms with van der Waals surface area (Å²) in [6.45, 7) is 10.6. The minimum absolute atomic E-state index is 0.785. The maximum atomic E-state index is 5.38. The monoisotopic (exact) mass is 240 g/mol. The predicted octanol–water partition coefficient (Wildman–Crippen LogP) is 1.73. The summed E-state index contributed by atoms with van der Waals surface area (Å²) in [7, 11) is 0. The van der Waals surface area contributed by atoms with Crippen LogP contribution in [-0.2, 0) is 4.74 Å². The van der Waals surface area contributed by atoms with E-state index in [1.807, 2.05) is 0 Å². The Balaban J connectivity index is 1.51. The fourth-order valence-corrected chi connectivity index (χ4v) is 2.95. The van der Waals surface area contributed by atoms with Crippen molar-refractivity contribution in [1.82, 2.24) is 10.2 Å². The maximum Gasteiger partial charge on any atom is 0.0469 e. The van der Waals surface area contributed by atoms with E-state index in [1.54, 1.807) is 0 Å². The first-order valence-corrected chi connectivity index (χ1v) is 7.35. The molecule has 0 aromatic rings. The molecule has 1 unspecified atom stereocenters. The molecule has 2 aliphatic heterocycles. The molecule has 1 atom stereocenters. The van der Waals surface area contributed by atoms with Crippen LogP contribution in [-0.4, -0.2) is 50.8 Å². The van der Waals surface area contributed by atoms with Crippen LogP contribution in [0.3, 0.4) is 0 Å². The fraction of sp³-hybridized carbons (Fsp3) is 1.00. The minimum atomic E-state index is 0.785. The number of ether oxygens (including phenoxy) is 1. The van der Waals surface area contributed by atoms with Gasteiger partial charge in [0.05, 0.1) is 0 Å². The summed E-state index contributed by atoms with van der Waals surface area (Å²) in [5.41, 5.74) is 0. The summed E-state index contributed by atoms with van der Waals surface area (Å²) in [4.78, 5) is 2.61. The lowest BCUT2D eigenvalue weighted by Gasteiger charge is -2.24. The van der Waals surface area contributed by atoms with Crippen molar-refractivity contribution < 1.29 is 4.74 Å². The highest BCUT2D eigenvalue weighted by atomic mass is 16.5. The van der Waals surface area contributed by atoms with Gasteiger partial charge in [-0.3, -0.25) is 0 Å². The van der Waals surface area contributed by atoms with Crippen LogP contribution < -0.4 is 5.32 Å². The molecule has 0 aromatic heterocycles. The molecule has 0 amide bonds. The molecular weight excluding hydrogens is 212 g/mol. The molecule has 0 saturated carbocycles. The molecule has 0 radical (unpaired) electrons. The van der Waals surface area contributed by atoms with Crippen molar-refractivity contribution in [2.45, 2.75) is 32.6 Å². The maximum absolute atomic E-state index is 5.38. The Labute approximate surface area is 106 Å².